The van der Waals surface area contributed by atoms with Crippen molar-refractivity contribution in [2.75, 3.05) is 11.4 Å². The van der Waals surface area contributed by atoms with Crippen LogP contribution in [0.4, 0.5) is 18.9 Å². The molecule has 9 heteroatoms. The van der Waals surface area contributed by atoms with E-state index in [1.54, 1.807) is 31.0 Å². The number of amidine groups is 1. The monoisotopic (exact) mass is 365 g/mol. The lowest BCUT2D eigenvalue weighted by atomic mass is 10.0. The molecule has 25 heavy (non-hydrogen) atoms. The number of anilines is 1. The summed E-state index contributed by atoms with van der Waals surface area (Å²) in [5.74, 6) is 0.0723. The molecular formula is C16H14F3N5S. The summed E-state index contributed by atoms with van der Waals surface area (Å²) in [6.07, 6.45) is -2.91. The van der Waals surface area contributed by atoms with E-state index >= 15 is 0 Å². The van der Waals surface area contributed by atoms with Gasteiger partial charge in [-0.2, -0.15) is 18.4 Å². The van der Waals surface area contributed by atoms with E-state index in [1.807, 2.05) is 0 Å². The SMILES string of the molecule is CC1(C)C(=N)N(c2ccc(C#N)c(C(F)(F)F)c2)C(=S)N1C1=CNC1. The van der Waals surface area contributed by atoms with E-state index in [1.165, 1.54) is 11.0 Å². The van der Waals surface area contributed by atoms with Crippen molar-refractivity contribution in [1.82, 2.24) is 10.2 Å². The van der Waals surface area contributed by atoms with E-state index in [4.69, 9.17) is 22.9 Å². The predicted octanol–water partition coefficient (Wildman–Crippen LogP) is 3.18. The summed E-state index contributed by atoms with van der Waals surface area (Å²) in [6.45, 7) is 4.15. The van der Waals surface area contributed by atoms with Crippen LogP contribution in [-0.4, -0.2) is 27.9 Å². The van der Waals surface area contributed by atoms with Gasteiger partial charge >= 0.3 is 6.18 Å². The quantitative estimate of drug-likeness (QED) is 0.788. The molecule has 1 saturated heterocycles. The number of rotatable bonds is 2. The minimum absolute atomic E-state index is 0.0723. The Morgan fingerprint density at radius 3 is 2.48 bits per heavy atom. The lowest BCUT2D eigenvalue weighted by molar-refractivity contribution is -0.137. The van der Waals surface area contributed by atoms with Crippen LogP contribution in [0.1, 0.15) is 25.0 Å². The zero-order valence-electron chi connectivity index (χ0n) is 13.4. The van der Waals surface area contributed by atoms with Crippen LogP contribution in [0.15, 0.2) is 30.1 Å². The van der Waals surface area contributed by atoms with Crippen molar-refractivity contribution in [3.05, 3.63) is 41.2 Å². The van der Waals surface area contributed by atoms with Crippen LogP contribution in [0.5, 0.6) is 0 Å². The summed E-state index contributed by atoms with van der Waals surface area (Å²) < 4.78 is 39.7. The van der Waals surface area contributed by atoms with Gasteiger partial charge in [-0.25, -0.2) is 0 Å². The molecule has 0 bridgehead atoms. The maximum atomic E-state index is 13.2. The molecule has 2 heterocycles. The molecular weight excluding hydrogens is 351 g/mol. The molecule has 0 atom stereocenters. The van der Waals surface area contributed by atoms with Crippen LogP contribution in [-0.2, 0) is 6.18 Å². The Balaban J connectivity index is 2.09. The summed E-state index contributed by atoms with van der Waals surface area (Å²) in [4.78, 5) is 3.07. The Kier molecular flexibility index (Phi) is 3.76. The van der Waals surface area contributed by atoms with Gasteiger partial charge < -0.3 is 10.2 Å². The fraction of sp³-hybridized carbons (Fsp3) is 0.312. The van der Waals surface area contributed by atoms with E-state index in [0.29, 0.717) is 6.54 Å². The average molecular weight is 365 g/mol. The highest BCUT2D eigenvalue weighted by Gasteiger charge is 2.49. The molecule has 5 nitrogen and oxygen atoms in total. The molecule has 0 unspecified atom stereocenters. The van der Waals surface area contributed by atoms with E-state index in [9.17, 15) is 13.2 Å². The third kappa shape index (κ3) is 2.53. The molecule has 2 aliphatic rings. The zero-order valence-corrected chi connectivity index (χ0v) is 14.2. The molecule has 0 radical (unpaired) electrons. The molecule has 0 spiro atoms. The van der Waals surface area contributed by atoms with Crippen LogP contribution in [0.25, 0.3) is 0 Å². The molecule has 0 aliphatic carbocycles. The van der Waals surface area contributed by atoms with Crippen molar-refractivity contribution < 1.29 is 13.2 Å². The lowest BCUT2D eigenvalue weighted by Crippen LogP contribution is -2.48. The number of nitrogens with one attached hydrogen (secondary N) is 2. The number of hydrogen-bond donors (Lipinski definition) is 2. The highest BCUT2D eigenvalue weighted by Crippen LogP contribution is 2.39. The van der Waals surface area contributed by atoms with Crippen LogP contribution >= 0.6 is 12.2 Å². The Bertz CT molecular complexity index is 850. The Hall–Kier alpha value is -2.60. The fourth-order valence-corrected chi connectivity index (χ4v) is 3.42. The number of alkyl halides is 3. The average Bonchev–Trinajstić information content (AvgIpc) is 2.65. The summed E-state index contributed by atoms with van der Waals surface area (Å²) in [6, 6.07) is 4.90. The van der Waals surface area contributed by atoms with Gasteiger partial charge in [-0.15, -0.1) is 0 Å². The number of nitriles is 1. The molecule has 0 saturated carbocycles. The molecule has 1 fully saturated rings. The second-order valence-electron chi connectivity index (χ2n) is 6.22. The molecule has 1 aromatic rings. The standard InChI is InChI=1S/C16H14F3N5S/c1-15(2)13(21)23(14(25)24(15)11-7-22-8-11)10-4-3-9(6-20)12(5-10)16(17,18)19/h3-5,7,21-22H,8H2,1-2H3. The summed E-state index contributed by atoms with van der Waals surface area (Å²) in [5, 5.41) is 20.6. The molecule has 130 valence electrons. The number of nitrogens with zero attached hydrogens (tertiary/aromatic N) is 3. The topological polar surface area (TPSA) is 66.2 Å². The van der Waals surface area contributed by atoms with Gasteiger partial charge in [0, 0.05) is 6.20 Å². The third-order valence-electron chi connectivity index (χ3n) is 4.27. The fourth-order valence-electron chi connectivity index (χ4n) is 2.88. The highest BCUT2D eigenvalue weighted by molar-refractivity contribution is 7.80. The van der Waals surface area contributed by atoms with E-state index in [-0.39, 0.29) is 16.6 Å². The van der Waals surface area contributed by atoms with Gasteiger partial charge in [0.15, 0.2) is 5.11 Å². The van der Waals surface area contributed by atoms with Gasteiger partial charge in [-0.3, -0.25) is 10.3 Å². The third-order valence-corrected chi connectivity index (χ3v) is 4.64. The largest absolute Gasteiger partial charge is 0.417 e. The van der Waals surface area contributed by atoms with Crippen LogP contribution in [0.3, 0.4) is 0 Å². The van der Waals surface area contributed by atoms with Crippen LogP contribution in [0, 0.1) is 16.7 Å². The maximum Gasteiger partial charge on any atom is 0.417 e. The van der Waals surface area contributed by atoms with Crippen molar-refractivity contribution in [3.63, 3.8) is 0 Å². The van der Waals surface area contributed by atoms with Gasteiger partial charge in [0.2, 0.25) is 0 Å². The molecule has 2 N–H and O–H groups in total. The van der Waals surface area contributed by atoms with Crippen molar-refractivity contribution in [3.8, 4) is 6.07 Å². The first kappa shape index (κ1) is 17.2. The summed E-state index contributed by atoms with van der Waals surface area (Å²) in [5.41, 5.74) is -1.31. The Labute approximate surface area is 147 Å². The Morgan fingerprint density at radius 2 is 2.00 bits per heavy atom. The minimum atomic E-state index is -4.67. The molecule has 3 rings (SSSR count). The van der Waals surface area contributed by atoms with Gasteiger partial charge in [0.25, 0.3) is 0 Å². The van der Waals surface area contributed by atoms with Gasteiger partial charge in [0.1, 0.15) is 5.84 Å². The van der Waals surface area contributed by atoms with Crippen LogP contribution < -0.4 is 10.2 Å². The zero-order chi connectivity index (χ0) is 18.6. The van der Waals surface area contributed by atoms with Crippen molar-refractivity contribution >= 4 is 28.9 Å². The first-order chi connectivity index (χ1) is 11.6. The van der Waals surface area contributed by atoms with E-state index < -0.39 is 22.8 Å². The van der Waals surface area contributed by atoms with E-state index in [2.05, 4.69) is 5.32 Å². The molecule has 0 amide bonds. The number of benzene rings is 1. The normalized spacial score (nSPS) is 19.3. The van der Waals surface area contributed by atoms with Gasteiger partial charge in [-0.05, 0) is 44.3 Å². The second-order valence-corrected chi connectivity index (χ2v) is 6.58. The molecule has 2 aliphatic heterocycles. The van der Waals surface area contributed by atoms with Crippen molar-refractivity contribution in [1.29, 1.82) is 10.7 Å². The minimum Gasteiger partial charge on any atom is -0.384 e. The Morgan fingerprint density at radius 1 is 1.36 bits per heavy atom. The first-order valence-corrected chi connectivity index (χ1v) is 7.77. The lowest BCUT2D eigenvalue weighted by Gasteiger charge is -2.35. The number of hydrogen-bond acceptors (Lipinski definition) is 4. The molecule has 1 aromatic carbocycles. The summed E-state index contributed by atoms with van der Waals surface area (Å²) >= 11 is 5.44. The van der Waals surface area contributed by atoms with Crippen molar-refractivity contribution in [2.45, 2.75) is 25.6 Å². The van der Waals surface area contributed by atoms with E-state index in [0.717, 1.165) is 17.8 Å². The van der Waals surface area contributed by atoms with Gasteiger partial charge in [-0.1, -0.05) is 0 Å². The first-order valence-electron chi connectivity index (χ1n) is 7.36. The van der Waals surface area contributed by atoms with Crippen molar-refractivity contribution in [2.24, 2.45) is 0 Å². The highest BCUT2D eigenvalue weighted by atomic mass is 32.1. The number of halogens is 3. The maximum absolute atomic E-state index is 13.2. The van der Waals surface area contributed by atoms with Gasteiger partial charge in [0.05, 0.1) is 40.7 Å². The second kappa shape index (κ2) is 5.46. The number of thiocarbonyl (C=S) groups is 1. The molecule has 0 aromatic heterocycles. The van der Waals surface area contributed by atoms with Crippen LogP contribution in [0.2, 0.25) is 0 Å². The predicted molar refractivity (Wildman–Crippen MR) is 91.0 cm³/mol. The summed E-state index contributed by atoms with van der Waals surface area (Å²) in [7, 11) is 0. The smallest absolute Gasteiger partial charge is 0.384 e.